The van der Waals surface area contributed by atoms with Crippen molar-refractivity contribution in [2.75, 3.05) is 18.0 Å². The van der Waals surface area contributed by atoms with Gasteiger partial charge in [-0.2, -0.15) is 5.21 Å². The minimum Gasteiger partial charge on any atom is -0.371 e. The van der Waals surface area contributed by atoms with Gasteiger partial charge in [-0.1, -0.05) is 22.9 Å². The van der Waals surface area contributed by atoms with Gasteiger partial charge < -0.3 is 4.90 Å². The van der Waals surface area contributed by atoms with Crippen LogP contribution in [-0.4, -0.2) is 33.7 Å². The summed E-state index contributed by atoms with van der Waals surface area (Å²) in [4.78, 5) is 2.50. The van der Waals surface area contributed by atoms with E-state index in [1.165, 1.54) is 30.6 Å². The van der Waals surface area contributed by atoms with Crippen LogP contribution in [0.25, 0.3) is 0 Å². The molecule has 1 aliphatic rings. The van der Waals surface area contributed by atoms with E-state index < -0.39 is 0 Å². The fourth-order valence-corrected chi connectivity index (χ4v) is 2.41. The molecule has 20 heavy (non-hydrogen) atoms. The van der Waals surface area contributed by atoms with Gasteiger partial charge in [-0.3, -0.25) is 0 Å². The number of aromatic amines is 1. The van der Waals surface area contributed by atoms with Crippen molar-refractivity contribution in [3.05, 3.63) is 35.7 Å². The van der Waals surface area contributed by atoms with E-state index in [-0.39, 0.29) is 0 Å². The molecule has 3 rings (SSSR count). The van der Waals surface area contributed by atoms with E-state index in [2.05, 4.69) is 56.7 Å². The van der Waals surface area contributed by atoms with Crippen molar-refractivity contribution in [1.29, 1.82) is 0 Å². The Morgan fingerprint density at radius 1 is 1.25 bits per heavy atom. The van der Waals surface area contributed by atoms with E-state index >= 15 is 0 Å². The molecule has 5 heteroatoms. The van der Waals surface area contributed by atoms with Crippen molar-refractivity contribution in [3.8, 4) is 0 Å². The lowest BCUT2D eigenvalue weighted by Gasteiger charge is -2.25. The maximum Gasteiger partial charge on any atom is 0.174 e. The topological polar surface area (TPSA) is 57.7 Å². The minimum absolute atomic E-state index is 0.806. The molecule has 0 radical (unpaired) electrons. The predicted molar refractivity (Wildman–Crippen MR) is 78.6 cm³/mol. The number of benzene rings is 1. The van der Waals surface area contributed by atoms with Gasteiger partial charge in [0, 0.05) is 25.2 Å². The number of nitrogens with zero attached hydrogens (tertiary/aromatic N) is 4. The van der Waals surface area contributed by atoms with Gasteiger partial charge in [0.25, 0.3) is 0 Å². The zero-order valence-corrected chi connectivity index (χ0v) is 11.9. The number of rotatable bonds is 7. The third kappa shape index (κ3) is 3.56. The molecule has 1 N–H and O–H groups in total. The highest BCUT2D eigenvalue weighted by Gasteiger charge is 2.24. The predicted octanol–water partition coefficient (Wildman–Crippen LogP) is 2.36. The number of hydrogen-bond donors (Lipinski definition) is 1. The summed E-state index contributed by atoms with van der Waals surface area (Å²) in [6, 6.07) is 8.83. The van der Waals surface area contributed by atoms with E-state index in [0.717, 1.165) is 31.1 Å². The van der Waals surface area contributed by atoms with Crippen molar-refractivity contribution in [2.45, 2.75) is 32.6 Å². The van der Waals surface area contributed by atoms with Crippen molar-refractivity contribution in [2.24, 2.45) is 5.92 Å². The Bertz CT molecular complexity index is 516. The van der Waals surface area contributed by atoms with E-state index in [1.54, 1.807) is 0 Å². The molecule has 1 saturated carbocycles. The fourth-order valence-electron chi connectivity index (χ4n) is 2.41. The Hall–Kier alpha value is -1.91. The SMILES string of the molecule is Cc1ccc(N(CCCc2nn[nH]n2)CC2CC2)cc1. The maximum atomic E-state index is 4.00. The molecule has 0 unspecified atom stereocenters. The van der Waals surface area contributed by atoms with Crippen LogP contribution in [0, 0.1) is 12.8 Å². The van der Waals surface area contributed by atoms with Crippen LogP contribution in [0.4, 0.5) is 5.69 Å². The molecule has 106 valence electrons. The highest BCUT2D eigenvalue weighted by Crippen LogP contribution is 2.31. The molecule has 0 atom stereocenters. The third-order valence-electron chi connectivity index (χ3n) is 3.79. The average Bonchev–Trinajstić information content (AvgIpc) is 3.12. The van der Waals surface area contributed by atoms with Crippen LogP contribution in [0.2, 0.25) is 0 Å². The average molecular weight is 271 g/mol. The summed E-state index contributed by atoms with van der Waals surface area (Å²) in [6.07, 6.45) is 4.70. The van der Waals surface area contributed by atoms with Gasteiger partial charge >= 0.3 is 0 Å². The molecule has 1 aromatic carbocycles. The van der Waals surface area contributed by atoms with Crippen LogP contribution in [0.1, 0.15) is 30.7 Å². The molecule has 0 spiro atoms. The number of aryl methyl sites for hydroxylation is 2. The number of H-pyrrole nitrogens is 1. The smallest absolute Gasteiger partial charge is 0.174 e. The Balaban J connectivity index is 1.58. The minimum atomic E-state index is 0.806. The van der Waals surface area contributed by atoms with E-state index in [9.17, 15) is 0 Å². The molecule has 1 aromatic heterocycles. The largest absolute Gasteiger partial charge is 0.371 e. The number of aromatic nitrogens is 4. The molecule has 0 saturated heterocycles. The first-order chi connectivity index (χ1) is 9.81. The monoisotopic (exact) mass is 271 g/mol. The molecule has 1 fully saturated rings. The summed E-state index contributed by atoms with van der Waals surface area (Å²) < 4.78 is 0. The molecule has 1 heterocycles. The van der Waals surface area contributed by atoms with Crippen LogP contribution in [-0.2, 0) is 6.42 Å². The lowest BCUT2D eigenvalue weighted by Crippen LogP contribution is -2.27. The Kier molecular flexibility index (Phi) is 3.95. The van der Waals surface area contributed by atoms with Crippen LogP contribution >= 0.6 is 0 Å². The lowest BCUT2D eigenvalue weighted by molar-refractivity contribution is 0.675. The number of nitrogens with one attached hydrogen (secondary N) is 1. The van der Waals surface area contributed by atoms with Crippen LogP contribution in [0.5, 0.6) is 0 Å². The second-order valence-corrected chi connectivity index (χ2v) is 5.66. The summed E-state index contributed by atoms with van der Waals surface area (Å²) in [6.45, 7) is 4.36. The molecule has 2 aromatic rings. The molecule has 5 nitrogen and oxygen atoms in total. The normalized spacial score (nSPS) is 14.4. The van der Waals surface area contributed by atoms with Crippen molar-refractivity contribution >= 4 is 5.69 Å². The molecular formula is C15H21N5. The van der Waals surface area contributed by atoms with Gasteiger partial charge in [-0.15, -0.1) is 10.2 Å². The van der Waals surface area contributed by atoms with Gasteiger partial charge in [0.15, 0.2) is 5.82 Å². The number of hydrogen-bond acceptors (Lipinski definition) is 4. The van der Waals surface area contributed by atoms with Gasteiger partial charge in [0.2, 0.25) is 0 Å². The first-order valence-electron chi connectivity index (χ1n) is 7.35. The zero-order chi connectivity index (χ0) is 13.8. The Morgan fingerprint density at radius 2 is 2.05 bits per heavy atom. The second-order valence-electron chi connectivity index (χ2n) is 5.66. The summed E-state index contributed by atoms with van der Waals surface area (Å²) in [5.74, 6) is 1.70. The zero-order valence-electron chi connectivity index (χ0n) is 11.9. The van der Waals surface area contributed by atoms with E-state index in [1.807, 2.05) is 0 Å². The molecule has 0 aliphatic heterocycles. The summed E-state index contributed by atoms with van der Waals surface area (Å²) in [7, 11) is 0. The highest BCUT2D eigenvalue weighted by atomic mass is 15.5. The fraction of sp³-hybridized carbons (Fsp3) is 0.533. The van der Waals surface area contributed by atoms with Crippen LogP contribution in [0.3, 0.4) is 0 Å². The van der Waals surface area contributed by atoms with Gasteiger partial charge in [0.05, 0.1) is 0 Å². The summed E-state index contributed by atoms with van der Waals surface area (Å²) in [5.41, 5.74) is 2.64. The standard InChI is InChI=1S/C15H21N5/c1-12-4-8-14(9-5-12)20(11-13-6-7-13)10-2-3-15-16-18-19-17-15/h4-5,8-9,13H,2-3,6-7,10-11H2,1H3,(H,16,17,18,19). The summed E-state index contributed by atoms with van der Waals surface area (Å²) >= 11 is 0. The van der Waals surface area contributed by atoms with Gasteiger partial charge in [-0.25, -0.2) is 0 Å². The molecule has 0 bridgehead atoms. The summed E-state index contributed by atoms with van der Waals surface area (Å²) in [5, 5.41) is 14.1. The number of anilines is 1. The molecular weight excluding hydrogens is 250 g/mol. The second kappa shape index (κ2) is 6.03. The quantitative estimate of drug-likeness (QED) is 0.840. The van der Waals surface area contributed by atoms with Crippen molar-refractivity contribution in [1.82, 2.24) is 20.6 Å². The van der Waals surface area contributed by atoms with Crippen molar-refractivity contribution < 1.29 is 0 Å². The van der Waals surface area contributed by atoms with Crippen LogP contribution in [0.15, 0.2) is 24.3 Å². The maximum absolute atomic E-state index is 4.00. The molecule has 0 amide bonds. The van der Waals surface area contributed by atoms with Crippen molar-refractivity contribution in [3.63, 3.8) is 0 Å². The Labute approximate surface area is 119 Å². The first-order valence-corrected chi connectivity index (χ1v) is 7.35. The van der Waals surface area contributed by atoms with Crippen LogP contribution < -0.4 is 4.90 Å². The third-order valence-corrected chi connectivity index (χ3v) is 3.79. The van der Waals surface area contributed by atoms with Gasteiger partial charge in [0.1, 0.15) is 0 Å². The van der Waals surface area contributed by atoms with E-state index in [0.29, 0.717) is 0 Å². The highest BCUT2D eigenvalue weighted by molar-refractivity contribution is 5.47. The number of tetrazole rings is 1. The Morgan fingerprint density at radius 3 is 2.70 bits per heavy atom. The molecule has 1 aliphatic carbocycles. The van der Waals surface area contributed by atoms with E-state index in [4.69, 9.17) is 0 Å². The lowest BCUT2D eigenvalue weighted by atomic mass is 10.2. The first kappa shape index (κ1) is 13.1. The van der Waals surface area contributed by atoms with Gasteiger partial charge in [-0.05, 0) is 44.2 Å².